The zero-order valence-corrected chi connectivity index (χ0v) is 32.2. The Bertz CT molecular complexity index is 1540. The first kappa shape index (κ1) is 35.0. The number of benzene rings is 3. The van der Waals surface area contributed by atoms with Gasteiger partial charge < -0.3 is 9.80 Å². The highest BCUT2D eigenvalue weighted by Gasteiger charge is 2.51. The summed E-state index contributed by atoms with van der Waals surface area (Å²) in [7, 11) is 2.33. The Morgan fingerprint density at radius 2 is 1.12 bits per heavy atom. The van der Waals surface area contributed by atoms with E-state index in [1.54, 1.807) is 5.56 Å². The third-order valence-electron chi connectivity index (χ3n) is 12.3. The van der Waals surface area contributed by atoms with Gasteiger partial charge in [-0.15, -0.1) is 0 Å². The summed E-state index contributed by atoms with van der Waals surface area (Å²) in [6.45, 7) is 26.5. The van der Waals surface area contributed by atoms with Gasteiger partial charge >= 0.3 is 0 Å². The number of para-hydroxylation sites is 1. The molecule has 3 fully saturated rings. The maximum absolute atomic E-state index is 2.93. The molecule has 48 heavy (non-hydrogen) atoms. The minimum Gasteiger partial charge on any atom is -0.351 e. The molecule has 0 bridgehead atoms. The van der Waals surface area contributed by atoms with Gasteiger partial charge in [-0.2, -0.15) is 0 Å². The molecule has 0 amide bonds. The molecule has 6 atom stereocenters. The normalized spacial score (nSPS) is 30.8. The lowest BCUT2D eigenvalue weighted by Crippen LogP contribution is -2.53. The molecule has 3 aromatic rings. The summed E-state index contributed by atoms with van der Waals surface area (Å²) in [5.74, 6) is 0.638. The van der Waals surface area contributed by atoms with Gasteiger partial charge in [0.2, 0.25) is 0 Å². The Kier molecular flexibility index (Phi) is 9.59. The number of aryl methyl sites for hydroxylation is 2. The molecule has 0 aromatic heterocycles. The number of rotatable bonds is 5. The Labute approximate surface area is 293 Å². The Hall–Kier alpha value is -2.82. The number of nitrogens with zero attached hydrogens (tertiary/aromatic N) is 4. The van der Waals surface area contributed by atoms with Crippen molar-refractivity contribution in [3.05, 3.63) is 95.1 Å². The van der Waals surface area contributed by atoms with Crippen LogP contribution in [0.15, 0.2) is 72.8 Å². The summed E-state index contributed by atoms with van der Waals surface area (Å²) in [5, 5.41) is 0. The quantitative estimate of drug-likeness (QED) is 0.273. The number of hydrogen-bond acceptors (Lipinski definition) is 4. The average Bonchev–Trinajstić information content (AvgIpc) is 3.46. The minimum absolute atomic E-state index is 0.111. The summed E-state index contributed by atoms with van der Waals surface area (Å²) >= 11 is 0. The third-order valence-corrected chi connectivity index (χ3v) is 12.3. The molecule has 6 rings (SSSR count). The predicted molar refractivity (Wildman–Crippen MR) is 206 cm³/mol. The number of likely N-dealkylation sites (N-methyl/N-ethyl adjacent to an activating group) is 1. The highest BCUT2D eigenvalue weighted by molar-refractivity contribution is 5.59. The molecule has 0 radical (unpaired) electrons. The zero-order valence-electron chi connectivity index (χ0n) is 32.2. The molecule has 4 nitrogen and oxygen atoms in total. The van der Waals surface area contributed by atoms with Crippen LogP contribution in [0.3, 0.4) is 0 Å². The SMILES string of the molecule is Cc1cc(C2CCC(N3C(C)[C@H](C)N(c4ccccc4C)C3C(C)(C)C)CC2)ccc1N1C(C(C)(C)C)N(C)C(c2ccccc2)[C@@H]1C. The fourth-order valence-corrected chi connectivity index (χ4v) is 10.2. The minimum atomic E-state index is 0.111. The standard InChI is InChI=1S/C44H64N4/c1-29-18-16-17-21-38(29)47-32(4)31(3)46(42(47)44(9,10)11)37-25-22-34(23-26-37)36-24-27-39(30(2)28-36)48-33(5)40(35-19-14-13-15-20-35)45(12)41(48)43(6,7)8/h13-21,24,27-28,31-34,37,40-42H,22-23,25-26H2,1-12H3/t31?,32-,33-,34?,37?,40?,41?,42?/m0/s1. The fourth-order valence-electron chi connectivity index (χ4n) is 10.2. The van der Waals surface area contributed by atoms with Gasteiger partial charge in [0.05, 0.1) is 18.4 Å². The topological polar surface area (TPSA) is 13.0 Å². The van der Waals surface area contributed by atoms with Gasteiger partial charge in [-0.05, 0) is 118 Å². The van der Waals surface area contributed by atoms with E-state index in [2.05, 4.69) is 176 Å². The van der Waals surface area contributed by atoms with Crippen LogP contribution in [0.1, 0.15) is 122 Å². The molecule has 0 N–H and O–H groups in total. The van der Waals surface area contributed by atoms with Crippen molar-refractivity contribution >= 4 is 11.4 Å². The predicted octanol–water partition coefficient (Wildman–Crippen LogP) is 10.6. The van der Waals surface area contributed by atoms with Crippen LogP contribution in [0.4, 0.5) is 11.4 Å². The van der Waals surface area contributed by atoms with E-state index >= 15 is 0 Å². The van der Waals surface area contributed by atoms with Gasteiger partial charge in [0.15, 0.2) is 0 Å². The van der Waals surface area contributed by atoms with Crippen LogP contribution in [0.5, 0.6) is 0 Å². The van der Waals surface area contributed by atoms with Crippen LogP contribution in [0, 0.1) is 24.7 Å². The summed E-state index contributed by atoms with van der Waals surface area (Å²) in [6.07, 6.45) is 5.79. The maximum Gasteiger partial charge on any atom is 0.0878 e. The van der Waals surface area contributed by atoms with Crippen LogP contribution in [-0.2, 0) is 0 Å². The first-order chi connectivity index (χ1) is 22.6. The van der Waals surface area contributed by atoms with Gasteiger partial charge in [0.1, 0.15) is 0 Å². The molecule has 1 aliphatic carbocycles. The highest BCUT2D eigenvalue weighted by atomic mass is 15.5. The van der Waals surface area contributed by atoms with Crippen molar-refractivity contribution in [2.75, 3.05) is 16.8 Å². The molecule has 0 spiro atoms. The lowest BCUT2D eigenvalue weighted by atomic mass is 9.79. The molecule has 2 saturated heterocycles. The van der Waals surface area contributed by atoms with E-state index in [1.165, 1.54) is 53.7 Å². The average molecular weight is 649 g/mol. The molecule has 2 heterocycles. The molecule has 4 heteroatoms. The summed E-state index contributed by atoms with van der Waals surface area (Å²) < 4.78 is 0. The summed E-state index contributed by atoms with van der Waals surface area (Å²) in [5.41, 5.74) is 8.82. The largest absolute Gasteiger partial charge is 0.351 e. The van der Waals surface area contributed by atoms with Crippen molar-refractivity contribution in [2.45, 2.75) is 150 Å². The van der Waals surface area contributed by atoms with Gasteiger partial charge in [0.25, 0.3) is 0 Å². The summed E-state index contributed by atoms with van der Waals surface area (Å²) in [6, 6.07) is 30.0. The van der Waals surface area contributed by atoms with Crippen LogP contribution in [-0.4, -0.2) is 53.3 Å². The van der Waals surface area contributed by atoms with E-state index in [0.717, 1.165) is 0 Å². The van der Waals surface area contributed by atoms with Crippen molar-refractivity contribution in [1.82, 2.24) is 9.80 Å². The van der Waals surface area contributed by atoms with Gasteiger partial charge in [0, 0.05) is 35.5 Å². The monoisotopic (exact) mass is 649 g/mol. The number of anilines is 2. The second-order valence-electron chi connectivity index (χ2n) is 17.8. The molecule has 4 unspecified atom stereocenters. The maximum atomic E-state index is 2.93. The molecule has 3 aromatic carbocycles. The van der Waals surface area contributed by atoms with Crippen molar-refractivity contribution < 1.29 is 0 Å². The summed E-state index contributed by atoms with van der Waals surface area (Å²) in [4.78, 5) is 11.1. The lowest BCUT2D eigenvalue weighted by Gasteiger charge is -2.47. The molecular weight excluding hydrogens is 585 g/mol. The van der Waals surface area contributed by atoms with E-state index in [0.29, 0.717) is 48.5 Å². The second-order valence-corrected chi connectivity index (χ2v) is 17.8. The van der Waals surface area contributed by atoms with Crippen LogP contribution in [0.25, 0.3) is 0 Å². The molecule has 3 aliphatic rings. The first-order valence-corrected chi connectivity index (χ1v) is 18.9. The van der Waals surface area contributed by atoms with Crippen molar-refractivity contribution in [3.63, 3.8) is 0 Å². The highest BCUT2D eigenvalue weighted by Crippen LogP contribution is 2.48. The van der Waals surface area contributed by atoms with Gasteiger partial charge in [-0.1, -0.05) is 102 Å². The van der Waals surface area contributed by atoms with E-state index in [1.807, 2.05) is 0 Å². The van der Waals surface area contributed by atoms with Gasteiger partial charge in [-0.25, -0.2) is 0 Å². The Balaban J connectivity index is 1.21. The smallest absolute Gasteiger partial charge is 0.0878 e. The Morgan fingerprint density at radius 1 is 0.562 bits per heavy atom. The van der Waals surface area contributed by atoms with Gasteiger partial charge in [-0.3, -0.25) is 9.80 Å². The molecule has 1 saturated carbocycles. The van der Waals surface area contributed by atoms with Crippen molar-refractivity contribution in [1.29, 1.82) is 0 Å². The first-order valence-electron chi connectivity index (χ1n) is 18.9. The molecular formula is C44H64N4. The van der Waals surface area contributed by atoms with Crippen LogP contribution in [0.2, 0.25) is 0 Å². The van der Waals surface area contributed by atoms with Crippen molar-refractivity contribution in [2.24, 2.45) is 10.8 Å². The molecule has 260 valence electrons. The molecule has 2 aliphatic heterocycles. The van der Waals surface area contributed by atoms with E-state index in [9.17, 15) is 0 Å². The van der Waals surface area contributed by atoms with E-state index in [-0.39, 0.29) is 10.8 Å². The van der Waals surface area contributed by atoms with Crippen LogP contribution < -0.4 is 9.80 Å². The lowest BCUT2D eigenvalue weighted by molar-refractivity contribution is 0.0479. The van der Waals surface area contributed by atoms with Crippen molar-refractivity contribution in [3.8, 4) is 0 Å². The second kappa shape index (κ2) is 13.1. The van der Waals surface area contributed by atoms with Crippen LogP contribution >= 0.6 is 0 Å². The zero-order chi connectivity index (χ0) is 34.7. The van der Waals surface area contributed by atoms with E-state index < -0.39 is 0 Å². The Morgan fingerprint density at radius 3 is 1.71 bits per heavy atom. The number of hydrogen-bond donors (Lipinski definition) is 0. The fraction of sp³-hybridized carbons (Fsp3) is 0.591. The third kappa shape index (κ3) is 6.22. The van der Waals surface area contributed by atoms with E-state index in [4.69, 9.17) is 0 Å².